The smallest absolute Gasteiger partial charge is 0.115 e. The number of hydrogen-bond acceptors (Lipinski definition) is 1. The first-order chi connectivity index (χ1) is 5.99. The summed E-state index contributed by atoms with van der Waals surface area (Å²) in [6.45, 7) is 6.76. The molecule has 0 amide bonds. The zero-order valence-corrected chi connectivity index (χ0v) is 9.07. The van der Waals surface area contributed by atoms with Gasteiger partial charge in [-0.25, -0.2) is 4.39 Å². The van der Waals surface area contributed by atoms with E-state index in [1.54, 1.807) is 0 Å². The van der Waals surface area contributed by atoms with Gasteiger partial charge in [0.25, 0.3) is 0 Å². The molecule has 2 heteroatoms. The maximum absolute atomic E-state index is 13.6. The van der Waals surface area contributed by atoms with E-state index in [2.05, 4.69) is 26.1 Å². The Morgan fingerprint density at radius 2 is 1.85 bits per heavy atom. The van der Waals surface area contributed by atoms with Crippen molar-refractivity contribution >= 4 is 0 Å². The number of hydrogen-bond donors (Lipinski definition) is 1. The van der Waals surface area contributed by atoms with Crippen molar-refractivity contribution in [1.82, 2.24) is 5.32 Å². The zero-order valence-electron chi connectivity index (χ0n) is 9.07. The third kappa shape index (κ3) is 4.08. The normalized spacial score (nSPS) is 22.2. The van der Waals surface area contributed by atoms with Crippen molar-refractivity contribution in [3.05, 3.63) is 0 Å². The topological polar surface area (TPSA) is 12.0 Å². The van der Waals surface area contributed by atoms with Gasteiger partial charge in [0.1, 0.15) is 6.17 Å². The van der Waals surface area contributed by atoms with Crippen molar-refractivity contribution in [2.75, 3.05) is 6.54 Å². The molecule has 0 aromatic carbocycles. The molecule has 0 spiro atoms. The summed E-state index contributed by atoms with van der Waals surface area (Å²) in [7, 11) is 0. The van der Waals surface area contributed by atoms with Crippen LogP contribution >= 0.6 is 0 Å². The second kappa shape index (κ2) is 4.41. The average Bonchev–Trinajstić information content (AvgIpc) is 2.50. The van der Waals surface area contributed by atoms with Crippen molar-refractivity contribution in [1.29, 1.82) is 0 Å². The SMILES string of the molecule is CC(C)(C)NCC(F)C1CCCC1. The molecule has 1 N–H and O–H groups in total. The van der Waals surface area contributed by atoms with Crippen LogP contribution in [0.4, 0.5) is 4.39 Å². The van der Waals surface area contributed by atoms with Gasteiger partial charge in [-0.1, -0.05) is 12.8 Å². The minimum atomic E-state index is -0.637. The predicted molar refractivity (Wildman–Crippen MR) is 54.6 cm³/mol. The molecule has 0 heterocycles. The first kappa shape index (κ1) is 11.0. The van der Waals surface area contributed by atoms with E-state index in [1.807, 2.05) is 0 Å². The molecule has 1 fully saturated rings. The second-order valence-electron chi connectivity index (χ2n) is 5.19. The van der Waals surface area contributed by atoms with Crippen LogP contribution in [0.5, 0.6) is 0 Å². The molecular formula is C11H22FN. The predicted octanol–water partition coefficient (Wildman–Crippen LogP) is 2.90. The molecule has 13 heavy (non-hydrogen) atoms. The van der Waals surface area contributed by atoms with Crippen molar-refractivity contribution in [3.8, 4) is 0 Å². The number of rotatable bonds is 3. The molecule has 1 atom stereocenters. The van der Waals surface area contributed by atoms with Gasteiger partial charge < -0.3 is 5.32 Å². The van der Waals surface area contributed by atoms with E-state index in [-0.39, 0.29) is 5.54 Å². The largest absolute Gasteiger partial charge is 0.309 e. The lowest BCUT2D eigenvalue weighted by molar-refractivity contribution is 0.207. The molecular weight excluding hydrogens is 165 g/mol. The lowest BCUT2D eigenvalue weighted by atomic mass is 10.0. The summed E-state index contributed by atoms with van der Waals surface area (Å²) >= 11 is 0. The van der Waals surface area contributed by atoms with Crippen LogP contribution in [0.2, 0.25) is 0 Å². The van der Waals surface area contributed by atoms with Gasteiger partial charge in [0.2, 0.25) is 0 Å². The van der Waals surface area contributed by atoms with Gasteiger partial charge >= 0.3 is 0 Å². The Hall–Kier alpha value is -0.110. The van der Waals surface area contributed by atoms with Crippen LogP contribution in [0.3, 0.4) is 0 Å². The standard InChI is InChI=1S/C11H22FN/c1-11(2,3)13-8-10(12)9-6-4-5-7-9/h9-10,13H,4-8H2,1-3H3. The van der Waals surface area contributed by atoms with Gasteiger partial charge in [0.05, 0.1) is 0 Å². The molecule has 1 unspecified atom stereocenters. The molecule has 78 valence electrons. The van der Waals surface area contributed by atoms with E-state index in [0.717, 1.165) is 12.8 Å². The van der Waals surface area contributed by atoms with E-state index in [4.69, 9.17) is 0 Å². The minimum Gasteiger partial charge on any atom is -0.309 e. The highest BCUT2D eigenvalue weighted by atomic mass is 19.1. The zero-order chi connectivity index (χ0) is 9.90. The molecule has 0 aromatic heterocycles. The Labute approximate surface area is 81.1 Å². The first-order valence-corrected chi connectivity index (χ1v) is 5.38. The lowest BCUT2D eigenvalue weighted by Gasteiger charge is -2.24. The fourth-order valence-corrected chi connectivity index (χ4v) is 1.89. The van der Waals surface area contributed by atoms with Crippen molar-refractivity contribution in [2.24, 2.45) is 5.92 Å². The highest BCUT2D eigenvalue weighted by molar-refractivity contribution is 4.79. The van der Waals surface area contributed by atoms with Crippen LogP contribution in [0.15, 0.2) is 0 Å². The fraction of sp³-hybridized carbons (Fsp3) is 1.00. The first-order valence-electron chi connectivity index (χ1n) is 5.38. The Kier molecular flexibility index (Phi) is 3.72. The van der Waals surface area contributed by atoms with Gasteiger partial charge in [-0.05, 0) is 39.5 Å². The summed E-state index contributed by atoms with van der Waals surface area (Å²) in [5.41, 5.74) is 0.0446. The van der Waals surface area contributed by atoms with Gasteiger partial charge in [0.15, 0.2) is 0 Å². The van der Waals surface area contributed by atoms with E-state index in [1.165, 1.54) is 12.8 Å². The fourth-order valence-electron chi connectivity index (χ4n) is 1.89. The molecule has 0 radical (unpaired) electrons. The van der Waals surface area contributed by atoms with Crippen molar-refractivity contribution < 1.29 is 4.39 Å². The summed E-state index contributed by atoms with van der Waals surface area (Å²) in [6.07, 6.45) is 3.99. The van der Waals surface area contributed by atoms with E-state index < -0.39 is 6.17 Å². The van der Waals surface area contributed by atoms with Crippen LogP contribution < -0.4 is 5.32 Å². The quantitative estimate of drug-likeness (QED) is 0.716. The van der Waals surface area contributed by atoms with Crippen LogP contribution in [0.1, 0.15) is 46.5 Å². The van der Waals surface area contributed by atoms with Crippen LogP contribution in [0.25, 0.3) is 0 Å². The third-order valence-electron chi connectivity index (χ3n) is 2.74. The Morgan fingerprint density at radius 1 is 1.31 bits per heavy atom. The molecule has 1 nitrogen and oxygen atoms in total. The molecule has 1 aliphatic carbocycles. The average molecular weight is 187 g/mol. The molecule has 1 rings (SSSR count). The highest BCUT2D eigenvalue weighted by Gasteiger charge is 2.25. The van der Waals surface area contributed by atoms with Gasteiger partial charge in [-0.15, -0.1) is 0 Å². The van der Waals surface area contributed by atoms with Crippen molar-refractivity contribution in [2.45, 2.75) is 58.2 Å². The molecule has 1 saturated carbocycles. The Morgan fingerprint density at radius 3 is 2.31 bits per heavy atom. The number of nitrogens with one attached hydrogen (secondary N) is 1. The molecule has 1 aliphatic rings. The van der Waals surface area contributed by atoms with Crippen molar-refractivity contribution in [3.63, 3.8) is 0 Å². The van der Waals surface area contributed by atoms with E-state index in [0.29, 0.717) is 12.5 Å². The highest BCUT2D eigenvalue weighted by Crippen LogP contribution is 2.29. The molecule has 0 bridgehead atoms. The maximum Gasteiger partial charge on any atom is 0.115 e. The number of alkyl halides is 1. The Bertz CT molecular complexity index is 145. The number of halogens is 1. The van der Waals surface area contributed by atoms with E-state index >= 15 is 0 Å². The second-order valence-corrected chi connectivity index (χ2v) is 5.19. The lowest BCUT2D eigenvalue weighted by Crippen LogP contribution is -2.41. The Balaban J connectivity index is 2.20. The molecule has 0 aliphatic heterocycles. The molecule has 0 aromatic rings. The van der Waals surface area contributed by atoms with Gasteiger partial charge in [-0.3, -0.25) is 0 Å². The summed E-state index contributed by atoms with van der Waals surface area (Å²) in [5, 5.41) is 3.22. The molecule has 0 saturated heterocycles. The van der Waals surface area contributed by atoms with Crippen LogP contribution in [0, 0.1) is 5.92 Å². The van der Waals surface area contributed by atoms with Crippen LogP contribution in [-0.2, 0) is 0 Å². The van der Waals surface area contributed by atoms with Gasteiger partial charge in [-0.2, -0.15) is 0 Å². The minimum absolute atomic E-state index is 0.0446. The summed E-state index contributed by atoms with van der Waals surface area (Å²) < 4.78 is 13.6. The monoisotopic (exact) mass is 187 g/mol. The van der Waals surface area contributed by atoms with Gasteiger partial charge in [0, 0.05) is 12.1 Å². The summed E-state index contributed by atoms with van der Waals surface area (Å²) in [4.78, 5) is 0. The summed E-state index contributed by atoms with van der Waals surface area (Å²) in [5.74, 6) is 0.329. The van der Waals surface area contributed by atoms with E-state index in [9.17, 15) is 4.39 Å². The third-order valence-corrected chi connectivity index (χ3v) is 2.74. The summed E-state index contributed by atoms with van der Waals surface area (Å²) in [6, 6.07) is 0. The van der Waals surface area contributed by atoms with Crippen LogP contribution in [-0.4, -0.2) is 18.3 Å². The maximum atomic E-state index is 13.6.